The third-order valence-electron chi connectivity index (χ3n) is 1.24. The van der Waals surface area contributed by atoms with Crippen LogP contribution in [0.25, 0.3) is 0 Å². The van der Waals surface area contributed by atoms with Crippen molar-refractivity contribution in [3.63, 3.8) is 0 Å². The van der Waals surface area contributed by atoms with Crippen molar-refractivity contribution in [1.29, 1.82) is 0 Å². The maximum absolute atomic E-state index is 10.9. The molecule has 0 saturated carbocycles. The van der Waals surface area contributed by atoms with Gasteiger partial charge in [-0.3, -0.25) is 4.57 Å². The van der Waals surface area contributed by atoms with Crippen LogP contribution in [-0.2, 0) is 18.6 Å². The first kappa shape index (κ1) is 12.4. The van der Waals surface area contributed by atoms with Gasteiger partial charge >= 0.3 is 13.6 Å². The summed E-state index contributed by atoms with van der Waals surface area (Å²) >= 11 is 0. The van der Waals surface area contributed by atoms with E-state index in [0.717, 1.165) is 7.11 Å². The Balaban J connectivity index is 3.75. The highest BCUT2D eigenvalue weighted by atomic mass is 31.2. The first-order valence-corrected chi connectivity index (χ1v) is 5.35. The third-order valence-corrected chi connectivity index (χ3v) is 2.56. The Bertz CT molecular complexity index is 247. The van der Waals surface area contributed by atoms with Crippen LogP contribution in [0.2, 0.25) is 0 Å². The molecule has 1 N–H and O–H groups in total. The largest absolute Gasteiger partial charge is 0.462 e. The molecule has 0 aliphatic heterocycles. The maximum Gasteiger partial charge on any atom is 0.333 e. The zero-order valence-electron chi connectivity index (χ0n) is 7.65. The first-order valence-electron chi connectivity index (χ1n) is 3.59. The molecular weight excluding hydrogens is 195 g/mol. The van der Waals surface area contributed by atoms with Crippen LogP contribution in [0.5, 0.6) is 0 Å². The molecule has 0 heterocycles. The molecule has 13 heavy (non-hydrogen) atoms. The van der Waals surface area contributed by atoms with E-state index in [2.05, 4.69) is 15.8 Å². The van der Waals surface area contributed by atoms with Gasteiger partial charge in [-0.15, -0.1) is 0 Å². The van der Waals surface area contributed by atoms with E-state index in [9.17, 15) is 9.36 Å². The van der Waals surface area contributed by atoms with Crippen molar-refractivity contribution in [2.24, 2.45) is 0 Å². The molecule has 0 fully saturated rings. The summed E-state index contributed by atoms with van der Waals surface area (Å²) in [5, 5.41) is 0. The molecule has 0 saturated heterocycles. The summed E-state index contributed by atoms with van der Waals surface area (Å²) in [6.07, 6.45) is -0.206. The minimum absolute atomic E-state index is 0.146. The quantitative estimate of drug-likeness (QED) is 0.413. The van der Waals surface area contributed by atoms with E-state index < -0.39 is 13.6 Å². The number of rotatable bonds is 5. The lowest BCUT2D eigenvalue weighted by Gasteiger charge is -2.08. The second-order valence-electron chi connectivity index (χ2n) is 2.46. The lowest BCUT2D eigenvalue weighted by atomic mass is 10.4. The number of carbonyl (C=O) groups is 1. The molecule has 0 amide bonds. The standard InChI is InChI=1S/C7H13O5P/c1-6(2)7(8)12-4-5-13(9,10)11-3/h1,4-5H2,2-3H3,(H,9,10). The van der Waals surface area contributed by atoms with Crippen molar-refractivity contribution in [2.75, 3.05) is 19.9 Å². The van der Waals surface area contributed by atoms with Crippen LogP contribution in [0.4, 0.5) is 0 Å². The van der Waals surface area contributed by atoms with E-state index >= 15 is 0 Å². The van der Waals surface area contributed by atoms with Crippen molar-refractivity contribution in [2.45, 2.75) is 6.92 Å². The Morgan fingerprint density at radius 3 is 2.54 bits per heavy atom. The summed E-state index contributed by atoms with van der Waals surface area (Å²) < 4.78 is 19.7. The zero-order valence-corrected chi connectivity index (χ0v) is 8.54. The minimum Gasteiger partial charge on any atom is -0.462 e. The van der Waals surface area contributed by atoms with Gasteiger partial charge in [0.05, 0.1) is 6.16 Å². The predicted octanol–water partition coefficient (Wildman–Crippen LogP) is 0.938. The smallest absolute Gasteiger partial charge is 0.333 e. The zero-order chi connectivity index (χ0) is 10.5. The molecule has 1 atom stereocenters. The molecule has 0 spiro atoms. The lowest BCUT2D eigenvalue weighted by molar-refractivity contribution is -0.138. The average Bonchev–Trinajstić information content (AvgIpc) is 2.04. The van der Waals surface area contributed by atoms with Crippen LogP contribution in [0.15, 0.2) is 12.2 Å². The van der Waals surface area contributed by atoms with E-state index in [1.165, 1.54) is 6.92 Å². The fourth-order valence-corrected chi connectivity index (χ4v) is 0.973. The highest BCUT2D eigenvalue weighted by Gasteiger charge is 2.17. The highest BCUT2D eigenvalue weighted by Crippen LogP contribution is 2.39. The van der Waals surface area contributed by atoms with E-state index in [1.807, 2.05) is 0 Å². The molecular formula is C7H13O5P. The van der Waals surface area contributed by atoms with Gasteiger partial charge in [-0.1, -0.05) is 6.58 Å². The summed E-state index contributed by atoms with van der Waals surface area (Å²) in [5.41, 5.74) is 0.255. The van der Waals surface area contributed by atoms with E-state index in [1.54, 1.807) is 0 Å². The summed E-state index contributed by atoms with van der Waals surface area (Å²) in [7, 11) is -2.44. The SMILES string of the molecule is C=C(C)C(=O)OCCP(=O)(O)OC. The topological polar surface area (TPSA) is 72.8 Å². The van der Waals surface area contributed by atoms with Crippen molar-refractivity contribution in [1.82, 2.24) is 0 Å². The van der Waals surface area contributed by atoms with Crippen LogP contribution in [0, 0.1) is 0 Å². The first-order chi connectivity index (χ1) is 5.89. The summed E-state index contributed by atoms with van der Waals surface area (Å²) in [4.78, 5) is 19.7. The fraction of sp³-hybridized carbons (Fsp3) is 0.571. The van der Waals surface area contributed by atoms with Crippen molar-refractivity contribution >= 4 is 13.6 Å². The number of ether oxygens (including phenoxy) is 1. The molecule has 0 aromatic carbocycles. The molecule has 0 aromatic heterocycles. The Morgan fingerprint density at radius 1 is 1.62 bits per heavy atom. The monoisotopic (exact) mass is 208 g/mol. The van der Waals surface area contributed by atoms with Crippen LogP contribution >= 0.6 is 7.60 Å². The lowest BCUT2D eigenvalue weighted by Crippen LogP contribution is -2.09. The minimum atomic E-state index is -3.57. The Kier molecular flexibility index (Phi) is 4.91. The molecule has 5 nitrogen and oxygen atoms in total. The number of esters is 1. The van der Waals surface area contributed by atoms with E-state index in [4.69, 9.17) is 4.89 Å². The number of hydrogen-bond donors (Lipinski definition) is 1. The molecule has 76 valence electrons. The average molecular weight is 208 g/mol. The van der Waals surface area contributed by atoms with Crippen LogP contribution in [0.1, 0.15) is 6.92 Å². The highest BCUT2D eigenvalue weighted by molar-refractivity contribution is 7.52. The number of hydrogen-bond acceptors (Lipinski definition) is 4. The van der Waals surface area contributed by atoms with Gasteiger partial charge in [-0.2, -0.15) is 0 Å². The predicted molar refractivity (Wildman–Crippen MR) is 47.5 cm³/mol. The number of carbonyl (C=O) groups excluding carboxylic acids is 1. The molecule has 0 bridgehead atoms. The fourth-order valence-electron chi connectivity index (χ4n) is 0.468. The molecule has 0 aromatic rings. The Labute approximate surface area is 76.9 Å². The molecule has 6 heteroatoms. The summed E-state index contributed by atoms with van der Waals surface area (Å²) in [5.74, 6) is -0.573. The van der Waals surface area contributed by atoms with E-state index in [0.29, 0.717) is 0 Å². The molecule has 1 unspecified atom stereocenters. The van der Waals surface area contributed by atoms with Gasteiger partial charge < -0.3 is 14.2 Å². The van der Waals surface area contributed by atoms with Gasteiger partial charge in [0.2, 0.25) is 0 Å². The van der Waals surface area contributed by atoms with E-state index in [-0.39, 0.29) is 18.3 Å². The van der Waals surface area contributed by atoms with Gasteiger partial charge in [0.15, 0.2) is 0 Å². The molecule has 0 rings (SSSR count). The van der Waals surface area contributed by atoms with Gasteiger partial charge in [0.25, 0.3) is 0 Å². The van der Waals surface area contributed by atoms with Gasteiger partial charge in [0.1, 0.15) is 6.61 Å². The second-order valence-corrected chi connectivity index (χ2v) is 4.55. The van der Waals surface area contributed by atoms with Gasteiger partial charge in [-0.05, 0) is 6.92 Å². The molecule has 0 aliphatic rings. The van der Waals surface area contributed by atoms with Crippen molar-refractivity contribution in [3.8, 4) is 0 Å². The maximum atomic E-state index is 10.9. The van der Waals surface area contributed by atoms with Gasteiger partial charge in [0, 0.05) is 12.7 Å². The van der Waals surface area contributed by atoms with Crippen molar-refractivity contribution < 1.29 is 23.5 Å². The summed E-state index contributed by atoms with van der Waals surface area (Å²) in [6, 6.07) is 0. The van der Waals surface area contributed by atoms with Crippen LogP contribution < -0.4 is 0 Å². The molecule has 0 aliphatic carbocycles. The third kappa shape index (κ3) is 5.58. The van der Waals surface area contributed by atoms with Crippen molar-refractivity contribution in [3.05, 3.63) is 12.2 Å². The normalized spacial score (nSPS) is 14.7. The Morgan fingerprint density at radius 2 is 2.15 bits per heavy atom. The van der Waals surface area contributed by atoms with Crippen LogP contribution in [-0.4, -0.2) is 30.7 Å². The second kappa shape index (κ2) is 5.17. The Hall–Kier alpha value is -0.640. The van der Waals surface area contributed by atoms with Crippen LogP contribution in [0.3, 0.4) is 0 Å². The molecule has 0 radical (unpaired) electrons. The van der Waals surface area contributed by atoms with Gasteiger partial charge in [-0.25, -0.2) is 4.79 Å². The summed E-state index contributed by atoms with van der Waals surface area (Å²) in [6.45, 7) is 4.70.